The van der Waals surface area contributed by atoms with Gasteiger partial charge in [-0.15, -0.1) is 0 Å². The molecule has 1 fully saturated rings. The van der Waals surface area contributed by atoms with E-state index in [4.69, 9.17) is 14.7 Å². The quantitative estimate of drug-likeness (QED) is 0.649. The normalized spacial score (nSPS) is 17.6. The Hall–Kier alpha value is -2.45. The Morgan fingerprint density at radius 2 is 2.07 bits per heavy atom. The summed E-state index contributed by atoms with van der Waals surface area (Å²) in [4.78, 5) is 15.0. The largest absolute Gasteiger partial charge is 0.377 e. The minimum Gasteiger partial charge on any atom is -0.377 e. The van der Waals surface area contributed by atoms with Crippen molar-refractivity contribution in [2.75, 3.05) is 30.9 Å². The summed E-state index contributed by atoms with van der Waals surface area (Å²) in [6, 6.07) is 9.68. The minimum atomic E-state index is -3.18. The molecule has 1 unspecified atom stereocenters. The second-order valence-electron chi connectivity index (χ2n) is 7.92. The monoisotopic (exact) mass is 427 g/mol. The van der Waals surface area contributed by atoms with Crippen LogP contribution in [0, 0.1) is 6.92 Å². The molecule has 159 valence electrons. The molecule has 4 heterocycles. The maximum atomic E-state index is 12.0. The fraction of sp³-hybridized carbons (Fsp3) is 0.409. The van der Waals surface area contributed by atoms with Gasteiger partial charge >= 0.3 is 0 Å². The molecule has 0 bridgehead atoms. The van der Waals surface area contributed by atoms with Crippen LogP contribution in [0.15, 0.2) is 30.3 Å². The van der Waals surface area contributed by atoms with Gasteiger partial charge in [-0.05, 0) is 49.2 Å². The number of fused-ring (bicyclic) bond motifs is 1. The summed E-state index contributed by atoms with van der Waals surface area (Å²) in [5.41, 5.74) is 4.61. The molecule has 1 aliphatic rings. The molecule has 0 saturated carbocycles. The fourth-order valence-electron chi connectivity index (χ4n) is 3.97. The molecule has 3 aromatic rings. The number of morpholine rings is 1. The van der Waals surface area contributed by atoms with Gasteiger partial charge < -0.3 is 14.6 Å². The van der Waals surface area contributed by atoms with Crippen LogP contribution in [0.5, 0.6) is 0 Å². The molecule has 4 rings (SSSR count). The highest BCUT2D eigenvalue weighted by molar-refractivity contribution is 7.89. The highest BCUT2D eigenvalue weighted by atomic mass is 32.2. The van der Waals surface area contributed by atoms with Crippen molar-refractivity contribution in [2.24, 2.45) is 0 Å². The summed E-state index contributed by atoms with van der Waals surface area (Å²) in [5.74, 6) is 0.745. The third-order valence-corrected chi connectivity index (χ3v) is 6.10. The molecule has 0 aromatic carbocycles. The third-order valence-electron chi connectivity index (χ3n) is 5.24. The van der Waals surface area contributed by atoms with E-state index in [1.165, 1.54) is 6.26 Å². The van der Waals surface area contributed by atoms with Gasteiger partial charge in [-0.2, -0.15) is 0 Å². The van der Waals surface area contributed by atoms with Gasteiger partial charge in [0.1, 0.15) is 5.82 Å². The molecule has 1 N–H and O–H groups in total. The summed E-state index contributed by atoms with van der Waals surface area (Å²) < 4.78 is 29.7. The second kappa shape index (κ2) is 8.35. The molecule has 0 aliphatic carbocycles. The highest BCUT2D eigenvalue weighted by Gasteiger charge is 2.25. The second-order valence-corrected chi connectivity index (χ2v) is 10.1. The van der Waals surface area contributed by atoms with Gasteiger partial charge in [-0.1, -0.05) is 13.3 Å². The van der Waals surface area contributed by atoms with Gasteiger partial charge in [0.15, 0.2) is 9.84 Å². The topological polar surface area (TPSA) is 88.2 Å². The fourth-order valence-corrected chi connectivity index (χ4v) is 4.74. The lowest BCUT2D eigenvalue weighted by Crippen LogP contribution is -2.46. The van der Waals surface area contributed by atoms with Crippen LogP contribution in [0.2, 0.25) is 0 Å². The number of ether oxygens (including phenoxy) is 1. The summed E-state index contributed by atoms with van der Waals surface area (Å²) >= 11 is 0. The first-order valence-electron chi connectivity index (χ1n) is 10.2. The zero-order chi connectivity index (χ0) is 21.3. The van der Waals surface area contributed by atoms with Gasteiger partial charge in [-0.25, -0.2) is 18.4 Å². The number of aromatic amines is 1. The Labute approximate surface area is 177 Å². The van der Waals surface area contributed by atoms with Crippen molar-refractivity contribution in [1.82, 2.24) is 15.0 Å². The van der Waals surface area contributed by atoms with Crippen LogP contribution in [0.3, 0.4) is 0 Å². The molecule has 8 heteroatoms. The summed E-state index contributed by atoms with van der Waals surface area (Å²) in [7, 11) is -3.18. The molecule has 3 aromatic heterocycles. The first kappa shape index (κ1) is 20.8. The summed E-state index contributed by atoms with van der Waals surface area (Å²) in [6.45, 7) is 8.09. The Morgan fingerprint density at radius 1 is 1.23 bits per heavy atom. The number of nitrogens with one attached hydrogen (secondary N) is 1. The maximum Gasteiger partial charge on any atom is 0.151 e. The Balaban J connectivity index is 1.80. The van der Waals surface area contributed by atoms with E-state index >= 15 is 0 Å². The number of rotatable bonds is 6. The van der Waals surface area contributed by atoms with E-state index in [0.717, 1.165) is 41.9 Å². The average molecular weight is 428 g/mol. The summed E-state index contributed by atoms with van der Waals surface area (Å²) in [6.07, 6.45) is 3.29. The predicted molar refractivity (Wildman–Crippen MR) is 119 cm³/mol. The van der Waals surface area contributed by atoms with E-state index in [0.29, 0.717) is 30.2 Å². The lowest BCUT2D eigenvalue weighted by molar-refractivity contribution is 0.0909. The first-order valence-corrected chi connectivity index (χ1v) is 12.2. The van der Waals surface area contributed by atoms with Crippen LogP contribution < -0.4 is 4.90 Å². The van der Waals surface area contributed by atoms with Gasteiger partial charge in [0.05, 0.1) is 47.4 Å². The smallest absolute Gasteiger partial charge is 0.151 e. The lowest BCUT2D eigenvalue weighted by Gasteiger charge is -2.37. The van der Waals surface area contributed by atoms with E-state index in [-0.39, 0.29) is 11.8 Å². The summed E-state index contributed by atoms with van der Waals surface area (Å²) in [5, 5.41) is 0. The number of pyridine rings is 2. The van der Waals surface area contributed by atoms with Crippen molar-refractivity contribution in [3.63, 3.8) is 0 Å². The molecule has 1 atom stereocenters. The molecular formula is C22H27N4O3S. The number of hydrogen-bond acceptors (Lipinski definition) is 6. The molecule has 30 heavy (non-hydrogen) atoms. The van der Waals surface area contributed by atoms with Crippen molar-refractivity contribution < 1.29 is 13.2 Å². The van der Waals surface area contributed by atoms with Crippen LogP contribution in [0.4, 0.5) is 5.82 Å². The average Bonchev–Trinajstić information content (AvgIpc) is 3.06. The van der Waals surface area contributed by atoms with Crippen molar-refractivity contribution in [3.8, 4) is 11.4 Å². The van der Waals surface area contributed by atoms with E-state index in [9.17, 15) is 8.42 Å². The maximum absolute atomic E-state index is 12.0. The van der Waals surface area contributed by atoms with E-state index in [1.807, 2.05) is 30.3 Å². The van der Waals surface area contributed by atoms with Crippen LogP contribution >= 0.6 is 0 Å². The third kappa shape index (κ3) is 4.65. The number of anilines is 1. The van der Waals surface area contributed by atoms with Crippen LogP contribution in [-0.2, 0) is 20.3 Å². The zero-order valence-electron chi connectivity index (χ0n) is 17.4. The van der Waals surface area contributed by atoms with E-state index < -0.39 is 9.84 Å². The van der Waals surface area contributed by atoms with Gasteiger partial charge in [0.25, 0.3) is 0 Å². The van der Waals surface area contributed by atoms with Crippen LogP contribution in [0.1, 0.15) is 31.0 Å². The SMILES string of the molecule is [CH2]c1cc2nc(-c3cc(CS(C)(=O)=O)cc(N4CCOCC4CCC)n3)ccc2[nH]1. The Kier molecular flexibility index (Phi) is 5.79. The Morgan fingerprint density at radius 3 is 2.83 bits per heavy atom. The van der Waals surface area contributed by atoms with Crippen molar-refractivity contribution in [2.45, 2.75) is 31.6 Å². The van der Waals surface area contributed by atoms with Gasteiger partial charge in [-0.3, -0.25) is 0 Å². The molecule has 0 spiro atoms. The first-order chi connectivity index (χ1) is 14.3. The molecule has 0 amide bonds. The number of sulfone groups is 1. The lowest BCUT2D eigenvalue weighted by atomic mass is 10.1. The molecule has 7 nitrogen and oxygen atoms in total. The van der Waals surface area contributed by atoms with Crippen LogP contribution in [0.25, 0.3) is 22.4 Å². The van der Waals surface area contributed by atoms with Crippen LogP contribution in [-0.4, -0.2) is 55.4 Å². The number of hydrogen-bond donors (Lipinski definition) is 1. The number of nitrogens with zero attached hydrogens (tertiary/aromatic N) is 3. The number of H-pyrrole nitrogens is 1. The molecular weight excluding hydrogens is 400 g/mol. The minimum absolute atomic E-state index is 0.0340. The van der Waals surface area contributed by atoms with Gasteiger partial charge in [0, 0.05) is 18.5 Å². The molecule has 1 saturated heterocycles. The van der Waals surface area contributed by atoms with Crippen molar-refractivity contribution in [3.05, 3.63) is 48.5 Å². The van der Waals surface area contributed by atoms with Crippen molar-refractivity contribution in [1.29, 1.82) is 0 Å². The highest BCUT2D eigenvalue weighted by Crippen LogP contribution is 2.28. The van der Waals surface area contributed by atoms with Gasteiger partial charge in [0.2, 0.25) is 0 Å². The van der Waals surface area contributed by atoms with E-state index in [2.05, 4.69) is 23.7 Å². The molecule has 1 radical (unpaired) electrons. The number of aromatic nitrogens is 3. The predicted octanol–water partition coefficient (Wildman–Crippen LogP) is 3.36. The Bertz CT molecular complexity index is 1150. The zero-order valence-corrected chi connectivity index (χ0v) is 18.2. The van der Waals surface area contributed by atoms with Crippen molar-refractivity contribution >= 4 is 26.7 Å². The molecule has 1 aliphatic heterocycles. The standard InChI is InChI=1S/C22H27N4O3S/c1-4-5-17-13-29-9-8-26(17)22-12-16(14-30(3,27)28)11-21(25-22)19-7-6-18-20(24-19)10-15(2)23-18/h6-7,10-12,17,23H,2,4-5,8-9,13-14H2,1,3H3. The van der Waals surface area contributed by atoms with E-state index in [1.54, 1.807) is 0 Å².